The molecule has 2 fully saturated rings. The van der Waals surface area contributed by atoms with E-state index >= 15 is 0 Å². The minimum absolute atomic E-state index is 0.116. The van der Waals surface area contributed by atoms with Crippen LogP contribution in [0.5, 0.6) is 0 Å². The standard InChI is InChI=1S/C10H16O4S2/c1-9(2)6-3-4-10(9,5-16(12,13)14)8(11)7(6)15/h6-7,15H,3-5H2,1-2H3,(H,12,13,14). The molecule has 0 aliphatic heterocycles. The topological polar surface area (TPSA) is 71.4 Å². The average molecular weight is 264 g/mol. The predicted octanol–water partition coefficient (Wildman–Crippen LogP) is 1.18. The van der Waals surface area contributed by atoms with E-state index in [4.69, 9.17) is 4.55 Å². The van der Waals surface area contributed by atoms with Crippen molar-refractivity contribution in [2.45, 2.75) is 31.9 Å². The lowest BCUT2D eigenvalue weighted by Gasteiger charge is -2.35. The Morgan fingerprint density at radius 2 is 2.06 bits per heavy atom. The summed E-state index contributed by atoms with van der Waals surface area (Å²) in [7, 11) is -4.13. The number of ketones is 1. The Morgan fingerprint density at radius 1 is 1.50 bits per heavy atom. The second kappa shape index (κ2) is 3.23. The third-order valence-corrected chi connectivity index (χ3v) is 6.04. The molecule has 16 heavy (non-hydrogen) atoms. The minimum Gasteiger partial charge on any atom is -0.298 e. The first kappa shape index (κ1) is 12.4. The molecule has 0 aromatic rings. The number of hydrogen-bond donors (Lipinski definition) is 2. The highest BCUT2D eigenvalue weighted by molar-refractivity contribution is 7.85. The average Bonchev–Trinajstić information content (AvgIpc) is 2.39. The molecule has 2 aliphatic carbocycles. The van der Waals surface area contributed by atoms with E-state index in [0.717, 1.165) is 6.42 Å². The second-order valence-electron chi connectivity index (χ2n) is 5.48. The van der Waals surface area contributed by atoms with Crippen molar-refractivity contribution in [1.29, 1.82) is 0 Å². The molecule has 0 saturated heterocycles. The van der Waals surface area contributed by atoms with Crippen molar-refractivity contribution in [3.8, 4) is 0 Å². The van der Waals surface area contributed by atoms with Crippen LogP contribution in [-0.2, 0) is 14.9 Å². The van der Waals surface area contributed by atoms with E-state index in [-0.39, 0.29) is 17.0 Å². The van der Waals surface area contributed by atoms with Crippen molar-refractivity contribution in [3.63, 3.8) is 0 Å². The fourth-order valence-corrected chi connectivity index (χ4v) is 5.59. The monoisotopic (exact) mass is 264 g/mol. The smallest absolute Gasteiger partial charge is 0.265 e. The Labute approximate surface area is 101 Å². The maximum Gasteiger partial charge on any atom is 0.265 e. The molecule has 2 saturated carbocycles. The molecule has 0 aromatic heterocycles. The summed E-state index contributed by atoms with van der Waals surface area (Å²) in [6, 6.07) is 0. The van der Waals surface area contributed by atoms with Crippen molar-refractivity contribution in [2.24, 2.45) is 16.7 Å². The number of thiol groups is 1. The molecule has 1 N–H and O–H groups in total. The van der Waals surface area contributed by atoms with Gasteiger partial charge < -0.3 is 0 Å². The maximum atomic E-state index is 12.1. The summed E-state index contributed by atoms with van der Waals surface area (Å²) in [5.74, 6) is -0.459. The molecule has 3 unspecified atom stereocenters. The highest BCUT2D eigenvalue weighted by Gasteiger charge is 2.68. The van der Waals surface area contributed by atoms with Crippen molar-refractivity contribution in [1.82, 2.24) is 0 Å². The minimum atomic E-state index is -4.13. The molecule has 2 aliphatic rings. The van der Waals surface area contributed by atoms with Gasteiger partial charge in [-0.1, -0.05) is 13.8 Å². The molecule has 6 heteroatoms. The van der Waals surface area contributed by atoms with Crippen molar-refractivity contribution >= 4 is 28.5 Å². The molecule has 92 valence electrons. The Bertz CT molecular complexity index is 440. The normalized spacial score (nSPS) is 41.6. The first-order chi connectivity index (χ1) is 7.12. The summed E-state index contributed by atoms with van der Waals surface area (Å²) < 4.78 is 31.2. The van der Waals surface area contributed by atoms with Gasteiger partial charge in [0.15, 0.2) is 5.78 Å². The van der Waals surface area contributed by atoms with Crippen LogP contribution in [0, 0.1) is 16.7 Å². The van der Waals surface area contributed by atoms with Gasteiger partial charge in [-0.2, -0.15) is 21.0 Å². The van der Waals surface area contributed by atoms with E-state index < -0.39 is 26.7 Å². The van der Waals surface area contributed by atoms with Crippen LogP contribution in [0.3, 0.4) is 0 Å². The summed E-state index contributed by atoms with van der Waals surface area (Å²) in [6.45, 7) is 3.81. The molecule has 0 amide bonds. The Kier molecular flexibility index (Phi) is 2.50. The van der Waals surface area contributed by atoms with Crippen LogP contribution < -0.4 is 0 Å². The van der Waals surface area contributed by atoms with Crippen LogP contribution in [0.25, 0.3) is 0 Å². The lowest BCUT2D eigenvalue weighted by molar-refractivity contribution is -0.127. The van der Waals surface area contributed by atoms with Crippen LogP contribution in [0.1, 0.15) is 26.7 Å². The van der Waals surface area contributed by atoms with E-state index in [0.29, 0.717) is 6.42 Å². The van der Waals surface area contributed by atoms with Crippen LogP contribution >= 0.6 is 12.6 Å². The summed E-state index contributed by atoms with van der Waals surface area (Å²) in [4.78, 5) is 12.1. The maximum absolute atomic E-state index is 12.1. The number of carbonyl (C=O) groups excluding carboxylic acids is 1. The van der Waals surface area contributed by atoms with Gasteiger partial charge in [-0.15, -0.1) is 0 Å². The first-order valence-electron chi connectivity index (χ1n) is 5.29. The summed E-state index contributed by atoms with van der Waals surface area (Å²) in [5.41, 5.74) is -1.33. The number of hydrogen-bond acceptors (Lipinski definition) is 4. The van der Waals surface area contributed by atoms with Gasteiger partial charge in [0.05, 0.1) is 16.4 Å². The van der Waals surface area contributed by atoms with E-state index in [1.807, 2.05) is 13.8 Å². The fraction of sp³-hybridized carbons (Fsp3) is 0.900. The van der Waals surface area contributed by atoms with E-state index in [1.165, 1.54) is 0 Å². The van der Waals surface area contributed by atoms with Gasteiger partial charge in [0.2, 0.25) is 0 Å². The zero-order valence-electron chi connectivity index (χ0n) is 9.30. The van der Waals surface area contributed by atoms with Gasteiger partial charge in [-0.25, -0.2) is 0 Å². The fourth-order valence-electron chi connectivity index (χ4n) is 3.54. The molecule has 0 spiro atoms. The number of carbonyl (C=O) groups is 1. The Morgan fingerprint density at radius 3 is 2.44 bits per heavy atom. The van der Waals surface area contributed by atoms with Crippen LogP contribution in [0.15, 0.2) is 0 Å². The molecule has 0 heterocycles. The second-order valence-corrected chi connectivity index (χ2v) is 7.49. The third kappa shape index (κ3) is 1.39. The largest absolute Gasteiger partial charge is 0.298 e. The molecular weight excluding hydrogens is 248 g/mol. The lowest BCUT2D eigenvalue weighted by atomic mass is 9.70. The predicted molar refractivity (Wildman–Crippen MR) is 63.1 cm³/mol. The zero-order valence-corrected chi connectivity index (χ0v) is 11.0. The van der Waals surface area contributed by atoms with E-state index in [1.54, 1.807) is 0 Å². The SMILES string of the molecule is CC1(C)C2CCC1(CS(=O)(=O)O)C(=O)C2S. The van der Waals surface area contributed by atoms with E-state index in [9.17, 15) is 13.2 Å². The molecule has 2 rings (SSSR count). The highest BCUT2D eigenvalue weighted by Crippen LogP contribution is 2.65. The van der Waals surface area contributed by atoms with E-state index in [2.05, 4.69) is 12.6 Å². The number of fused-ring (bicyclic) bond motifs is 2. The summed E-state index contributed by atoms with van der Waals surface area (Å²) >= 11 is 4.28. The van der Waals surface area contributed by atoms with Gasteiger partial charge in [-0.05, 0) is 24.2 Å². The van der Waals surface area contributed by atoms with Crippen molar-refractivity contribution in [2.75, 3.05) is 5.75 Å². The molecule has 0 aromatic carbocycles. The number of rotatable bonds is 2. The molecule has 2 bridgehead atoms. The number of Topliss-reactive ketones (excluding diaryl/α,β-unsaturated/α-hetero) is 1. The summed E-state index contributed by atoms with van der Waals surface area (Å²) in [5, 5.41) is -0.384. The molecule has 3 atom stereocenters. The first-order valence-corrected chi connectivity index (χ1v) is 7.42. The van der Waals surface area contributed by atoms with Gasteiger partial charge in [-0.3, -0.25) is 9.35 Å². The van der Waals surface area contributed by atoms with Crippen LogP contribution in [0.4, 0.5) is 0 Å². The molecule has 0 radical (unpaired) electrons. The van der Waals surface area contributed by atoms with Gasteiger partial charge in [0.1, 0.15) is 0 Å². The van der Waals surface area contributed by atoms with Gasteiger partial charge in [0, 0.05) is 0 Å². The Balaban J connectivity index is 2.50. The summed E-state index contributed by atoms with van der Waals surface area (Å²) in [6.07, 6.45) is 1.35. The van der Waals surface area contributed by atoms with Crippen molar-refractivity contribution in [3.05, 3.63) is 0 Å². The van der Waals surface area contributed by atoms with Crippen LogP contribution in [-0.4, -0.2) is 29.8 Å². The zero-order chi connectivity index (χ0) is 12.4. The molecular formula is C10H16O4S2. The van der Waals surface area contributed by atoms with Gasteiger partial charge >= 0.3 is 0 Å². The highest BCUT2D eigenvalue weighted by atomic mass is 32.2. The molecule has 4 nitrogen and oxygen atoms in total. The quantitative estimate of drug-likeness (QED) is 0.580. The third-order valence-electron chi connectivity index (χ3n) is 4.59. The van der Waals surface area contributed by atoms with Crippen LogP contribution in [0.2, 0.25) is 0 Å². The Hall–Kier alpha value is -0.0700. The van der Waals surface area contributed by atoms with Crippen molar-refractivity contribution < 1.29 is 17.8 Å². The van der Waals surface area contributed by atoms with Gasteiger partial charge in [0.25, 0.3) is 10.1 Å². The lowest BCUT2D eigenvalue weighted by Crippen LogP contribution is -2.43.